The molecule has 1 saturated heterocycles. The second-order valence-electron chi connectivity index (χ2n) is 4.43. The van der Waals surface area contributed by atoms with E-state index in [1.165, 1.54) is 18.2 Å². The van der Waals surface area contributed by atoms with Gasteiger partial charge in [-0.2, -0.15) is 0 Å². The first-order valence-electron chi connectivity index (χ1n) is 6.56. The zero-order chi connectivity index (χ0) is 13.2. The number of likely N-dealkylation sites (tertiary alicyclic amines) is 1. The van der Waals surface area contributed by atoms with Gasteiger partial charge in [-0.25, -0.2) is 0 Å². The summed E-state index contributed by atoms with van der Waals surface area (Å²) in [6.07, 6.45) is 4.23. The lowest BCUT2D eigenvalue weighted by molar-refractivity contribution is -0.129. The van der Waals surface area contributed by atoms with Gasteiger partial charge in [0.15, 0.2) is 0 Å². The summed E-state index contributed by atoms with van der Waals surface area (Å²) in [4.78, 5) is 25.1. The molecule has 0 bridgehead atoms. The normalized spacial score (nSPS) is 14.7. The Morgan fingerprint density at radius 2 is 1.84 bits per heavy atom. The van der Waals surface area contributed by atoms with Crippen LogP contribution in [0.5, 0.6) is 0 Å². The van der Waals surface area contributed by atoms with Crippen LogP contribution in [0.4, 0.5) is 0 Å². The van der Waals surface area contributed by atoms with Gasteiger partial charge in [-0.3, -0.25) is 9.59 Å². The van der Waals surface area contributed by atoms with E-state index in [1.807, 2.05) is 4.90 Å². The van der Waals surface area contributed by atoms with E-state index in [0.29, 0.717) is 24.6 Å². The maximum atomic E-state index is 11.8. The third-order valence-electron chi connectivity index (χ3n) is 2.87. The minimum absolute atomic E-state index is 0. The molecule has 0 atom stereocenters. The number of piperidine rings is 1. The number of carbonyl (C=O) groups is 2. The molecule has 0 saturated carbocycles. The molecule has 0 aromatic rings. The van der Waals surface area contributed by atoms with Crippen LogP contribution in [0.15, 0.2) is 0 Å². The molecular formula is C12H24ClN3O2S. The quantitative estimate of drug-likeness (QED) is 0.676. The van der Waals surface area contributed by atoms with Gasteiger partial charge in [0, 0.05) is 19.6 Å². The van der Waals surface area contributed by atoms with Crippen LogP contribution in [-0.4, -0.2) is 54.4 Å². The van der Waals surface area contributed by atoms with E-state index in [1.54, 1.807) is 0 Å². The van der Waals surface area contributed by atoms with E-state index in [-0.39, 0.29) is 24.2 Å². The Hall–Kier alpha value is -0.460. The molecule has 7 heteroatoms. The molecule has 2 amide bonds. The number of nitrogens with one attached hydrogen (secondary N) is 1. The minimum Gasteiger partial charge on any atom is -0.355 e. The lowest BCUT2D eigenvalue weighted by Crippen LogP contribution is -2.37. The molecule has 1 aliphatic heterocycles. The van der Waals surface area contributed by atoms with Crippen molar-refractivity contribution < 1.29 is 9.59 Å². The maximum Gasteiger partial charge on any atom is 0.232 e. The lowest BCUT2D eigenvalue weighted by atomic mass is 10.1. The number of thioether (sulfide) groups is 1. The molecule has 0 radical (unpaired) electrons. The lowest BCUT2D eigenvalue weighted by Gasteiger charge is -2.26. The van der Waals surface area contributed by atoms with E-state index in [4.69, 9.17) is 5.73 Å². The molecule has 0 unspecified atom stereocenters. The maximum absolute atomic E-state index is 11.8. The molecule has 5 nitrogen and oxygen atoms in total. The predicted octanol–water partition coefficient (Wildman–Crippen LogP) is 0.619. The first-order valence-corrected chi connectivity index (χ1v) is 7.72. The number of amides is 2. The fourth-order valence-corrected chi connectivity index (χ4v) is 2.59. The van der Waals surface area contributed by atoms with Crippen LogP contribution in [0.3, 0.4) is 0 Å². The summed E-state index contributed by atoms with van der Waals surface area (Å²) in [5.41, 5.74) is 5.33. The highest BCUT2D eigenvalue weighted by Gasteiger charge is 2.16. The third kappa shape index (κ3) is 8.34. The van der Waals surface area contributed by atoms with Crippen molar-refractivity contribution in [2.75, 3.05) is 37.7 Å². The smallest absolute Gasteiger partial charge is 0.232 e. The summed E-state index contributed by atoms with van der Waals surface area (Å²) in [7, 11) is 0. The van der Waals surface area contributed by atoms with Crippen LogP contribution in [0.2, 0.25) is 0 Å². The molecular weight excluding hydrogens is 286 g/mol. The van der Waals surface area contributed by atoms with Crippen molar-refractivity contribution in [3.63, 3.8) is 0 Å². The molecule has 0 aromatic heterocycles. The monoisotopic (exact) mass is 309 g/mol. The Kier molecular flexibility index (Phi) is 11.1. The highest BCUT2D eigenvalue weighted by atomic mass is 35.5. The molecule has 0 aliphatic carbocycles. The number of hydrogen-bond acceptors (Lipinski definition) is 4. The van der Waals surface area contributed by atoms with E-state index in [0.717, 1.165) is 32.4 Å². The first-order chi connectivity index (χ1) is 8.74. The van der Waals surface area contributed by atoms with E-state index < -0.39 is 0 Å². The van der Waals surface area contributed by atoms with E-state index >= 15 is 0 Å². The Morgan fingerprint density at radius 1 is 1.16 bits per heavy atom. The van der Waals surface area contributed by atoms with Crippen LogP contribution < -0.4 is 11.1 Å². The largest absolute Gasteiger partial charge is 0.355 e. The summed E-state index contributed by atoms with van der Waals surface area (Å²) in [6, 6.07) is 0. The average molecular weight is 310 g/mol. The predicted molar refractivity (Wildman–Crippen MR) is 81.7 cm³/mol. The van der Waals surface area contributed by atoms with Gasteiger partial charge in [-0.15, -0.1) is 24.2 Å². The van der Waals surface area contributed by atoms with Gasteiger partial charge in [-0.1, -0.05) is 0 Å². The number of hydrogen-bond donors (Lipinski definition) is 2. The molecule has 0 aromatic carbocycles. The average Bonchev–Trinajstić information content (AvgIpc) is 2.40. The van der Waals surface area contributed by atoms with Crippen molar-refractivity contribution in [2.24, 2.45) is 5.73 Å². The number of rotatable bonds is 7. The van der Waals surface area contributed by atoms with Crippen molar-refractivity contribution >= 4 is 36.0 Å². The highest BCUT2D eigenvalue weighted by Crippen LogP contribution is 2.11. The van der Waals surface area contributed by atoms with Gasteiger partial charge < -0.3 is 16.0 Å². The van der Waals surface area contributed by atoms with E-state index in [2.05, 4.69) is 5.32 Å². The summed E-state index contributed by atoms with van der Waals surface area (Å²) < 4.78 is 0. The van der Waals surface area contributed by atoms with Crippen molar-refractivity contribution in [1.29, 1.82) is 0 Å². The van der Waals surface area contributed by atoms with Crippen molar-refractivity contribution in [3.05, 3.63) is 0 Å². The van der Waals surface area contributed by atoms with Crippen LogP contribution >= 0.6 is 24.2 Å². The SMILES string of the molecule is Cl.NCCCNC(=O)CSCC(=O)N1CCCCC1. The molecule has 1 aliphatic rings. The summed E-state index contributed by atoms with van der Waals surface area (Å²) in [6.45, 7) is 2.96. The fraction of sp³-hybridized carbons (Fsp3) is 0.833. The standard InChI is InChI=1S/C12H23N3O2S.ClH/c13-5-4-6-14-11(16)9-18-10-12(17)15-7-2-1-3-8-15;/h1-10,13H2,(H,14,16);1H. The summed E-state index contributed by atoms with van der Waals surface area (Å²) >= 11 is 1.39. The molecule has 1 heterocycles. The van der Waals surface area contributed by atoms with Crippen LogP contribution in [0, 0.1) is 0 Å². The summed E-state index contributed by atoms with van der Waals surface area (Å²) in [5, 5.41) is 2.77. The molecule has 1 rings (SSSR count). The highest BCUT2D eigenvalue weighted by molar-refractivity contribution is 8.00. The second kappa shape index (κ2) is 11.4. The Balaban J connectivity index is 0.00000324. The van der Waals surface area contributed by atoms with Crippen LogP contribution in [-0.2, 0) is 9.59 Å². The zero-order valence-corrected chi connectivity index (χ0v) is 12.9. The Labute approximate surface area is 125 Å². The topological polar surface area (TPSA) is 75.4 Å². The number of nitrogens with two attached hydrogens (primary N) is 1. The summed E-state index contributed by atoms with van der Waals surface area (Å²) in [5.74, 6) is 0.906. The van der Waals surface area contributed by atoms with Gasteiger partial charge >= 0.3 is 0 Å². The molecule has 112 valence electrons. The molecule has 19 heavy (non-hydrogen) atoms. The van der Waals surface area contributed by atoms with Gasteiger partial charge in [0.1, 0.15) is 0 Å². The molecule has 3 N–H and O–H groups in total. The van der Waals surface area contributed by atoms with Gasteiger partial charge in [0.25, 0.3) is 0 Å². The van der Waals surface area contributed by atoms with Crippen molar-refractivity contribution in [3.8, 4) is 0 Å². The number of carbonyl (C=O) groups excluding carboxylic acids is 2. The number of halogens is 1. The minimum atomic E-state index is -0.0140. The van der Waals surface area contributed by atoms with Gasteiger partial charge in [0.05, 0.1) is 11.5 Å². The fourth-order valence-electron chi connectivity index (χ4n) is 1.85. The van der Waals surface area contributed by atoms with Gasteiger partial charge in [-0.05, 0) is 32.2 Å². The van der Waals surface area contributed by atoms with Crippen LogP contribution in [0.25, 0.3) is 0 Å². The van der Waals surface area contributed by atoms with Crippen molar-refractivity contribution in [1.82, 2.24) is 10.2 Å². The zero-order valence-electron chi connectivity index (χ0n) is 11.2. The molecule has 0 spiro atoms. The second-order valence-corrected chi connectivity index (χ2v) is 5.41. The van der Waals surface area contributed by atoms with E-state index in [9.17, 15) is 9.59 Å². The molecule has 1 fully saturated rings. The first kappa shape index (κ1) is 18.5. The Bertz CT molecular complexity index is 274. The van der Waals surface area contributed by atoms with Crippen molar-refractivity contribution in [2.45, 2.75) is 25.7 Å². The third-order valence-corrected chi connectivity index (χ3v) is 3.79. The van der Waals surface area contributed by atoms with Gasteiger partial charge in [0.2, 0.25) is 11.8 Å². The van der Waals surface area contributed by atoms with Crippen LogP contribution in [0.1, 0.15) is 25.7 Å². The Morgan fingerprint density at radius 3 is 2.47 bits per heavy atom. The number of nitrogens with zero attached hydrogens (tertiary/aromatic N) is 1.